The van der Waals surface area contributed by atoms with Gasteiger partial charge >= 0.3 is 0 Å². The van der Waals surface area contributed by atoms with E-state index in [4.69, 9.17) is 0 Å². The second-order valence-corrected chi connectivity index (χ2v) is 5.35. The fraction of sp³-hybridized carbons (Fsp3) is 1.00. The third kappa shape index (κ3) is 5.01. The lowest BCUT2D eigenvalue weighted by molar-refractivity contribution is 0.261. The molecule has 0 heterocycles. The Labute approximate surface area is 96.0 Å². The zero-order valence-electron chi connectivity index (χ0n) is 10.9. The van der Waals surface area contributed by atoms with Gasteiger partial charge in [-0.2, -0.15) is 0 Å². The number of rotatable bonds is 6. The van der Waals surface area contributed by atoms with Crippen LogP contribution in [-0.2, 0) is 0 Å². The van der Waals surface area contributed by atoms with Crippen molar-refractivity contribution in [1.82, 2.24) is 5.32 Å². The Morgan fingerprint density at radius 3 is 2.73 bits per heavy atom. The van der Waals surface area contributed by atoms with Gasteiger partial charge in [0.15, 0.2) is 0 Å². The van der Waals surface area contributed by atoms with Gasteiger partial charge in [0.25, 0.3) is 0 Å². The molecular weight excluding hydrogens is 182 g/mol. The van der Waals surface area contributed by atoms with Crippen LogP contribution in [0.15, 0.2) is 0 Å². The second kappa shape index (κ2) is 7.27. The van der Waals surface area contributed by atoms with E-state index < -0.39 is 0 Å². The van der Waals surface area contributed by atoms with E-state index in [2.05, 4.69) is 26.1 Å². The Morgan fingerprint density at radius 2 is 2.07 bits per heavy atom. The molecule has 0 saturated heterocycles. The van der Waals surface area contributed by atoms with Crippen LogP contribution in [0, 0.1) is 5.92 Å². The minimum absolute atomic E-state index is 0.727. The predicted molar refractivity (Wildman–Crippen MR) is 68.2 cm³/mol. The molecule has 1 aliphatic rings. The highest BCUT2D eigenvalue weighted by molar-refractivity contribution is 4.79. The molecular formula is C14H29N. The fourth-order valence-electron chi connectivity index (χ4n) is 2.81. The summed E-state index contributed by atoms with van der Waals surface area (Å²) >= 11 is 0. The summed E-state index contributed by atoms with van der Waals surface area (Å²) < 4.78 is 0. The molecule has 0 spiro atoms. The van der Waals surface area contributed by atoms with E-state index in [9.17, 15) is 0 Å². The van der Waals surface area contributed by atoms with Crippen molar-refractivity contribution in [2.45, 2.75) is 84.2 Å². The van der Waals surface area contributed by atoms with Gasteiger partial charge in [0.2, 0.25) is 0 Å². The Hall–Kier alpha value is -0.0400. The van der Waals surface area contributed by atoms with Gasteiger partial charge in [-0.15, -0.1) is 0 Å². The Bertz CT molecular complexity index is 155. The summed E-state index contributed by atoms with van der Waals surface area (Å²) in [6.45, 7) is 6.97. The monoisotopic (exact) mass is 211 g/mol. The molecule has 0 bridgehead atoms. The smallest absolute Gasteiger partial charge is 0.00721 e. The molecule has 0 aliphatic heterocycles. The van der Waals surface area contributed by atoms with Crippen LogP contribution in [0.4, 0.5) is 0 Å². The van der Waals surface area contributed by atoms with Crippen molar-refractivity contribution in [3.8, 4) is 0 Å². The highest BCUT2D eigenvalue weighted by atomic mass is 14.9. The summed E-state index contributed by atoms with van der Waals surface area (Å²) in [5.74, 6) is 0.995. The van der Waals surface area contributed by atoms with E-state index in [-0.39, 0.29) is 0 Å². The van der Waals surface area contributed by atoms with Gasteiger partial charge in [0.1, 0.15) is 0 Å². The molecule has 1 fully saturated rings. The van der Waals surface area contributed by atoms with E-state index in [1.807, 2.05) is 0 Å². The summed E-state index contributed by atoms with van der Waals surface area (Å²) in [6, 6.07) is 1.54. The van der Waals surface area contributed by atoms with Crippen LogP contribution in [0.2, 0.25) is 0 Å². The first-order valence-corrected chi connectivity index (χ1v) is 7.02. The van der Waals surface area contributed by atoms with Crippen LogP contribution < -0.4 is 5.32 Å². The van der Waals surface area contributed by atoms with Crippen molar-refractivity contribution in [1.29, 1.82) is 0 Å². The van der Waals surface area contributed by atoms with Gasteiger partial charge < -0.3 is 5.32 Å². The number of hydrogen-bond acceptors (Lipinski definition) is 1. The molecule has 15 heavy (non-hydrogen) atoms. The Balaban J connectivity index is 2.19. The zero-order valence-corrected chi connectivity index (χ0v) is 10.9. The standard InChI is InChI=1S/C14H29N/c1-4-6-8-12(3)15-14-10-7-9-13(5-2)11-14/h12-15H,4-11H2,1-3H3. The quantitative estimate of drug-likeness (QED) is 0.697. The van der Waals surface area contributed by atoms with Crippen molar-refractivity contribution >= 4 is 0 Å². The molecule has 1 nitrogen and oxygen atoms in total. The van der Waals surface area contributed by atoms with Gasteiger partial charge in [-0.25, -0.2) is 0 Å². The van der Waals surface area contributed by atoms with Crippen molar-refractivity contribution < 1.29 is 0 Å². The molecule has 0 aromatic heterocycles. The largest absolute Gasteiger partial charge is 0.311 e. The molecule has 1 aliphatic carbocycles. The SMILES string of the molecule is CCCCC(C)NC1CCCC(CC)C1. The lowest BCUT2D eigenvalue weighted by Crippen LogP contribution is -2.39. The fourth-order valence-corrected chi connectivity index (χ4v) is 2.81. The van der Waals surface area contributed by atoms with E-state index in [1.54, 1.807) is 0 Å². The summed E-state index contributed by atoms with van der Waals surface area (Å²) in [5.41, 5.74) is 0. The van der Waals surface area contributed by atoms with Gasteiger partial charge in [-0.1, -0.05) is 46.0 Å². The summed E-state index contributed by atoms with van der Waals surface area (Å²) in [6.07, 6.45) is 11.2. The van der Waals surface area contributed by atoms with Gasteiger partial charge in [0.05, 0.1) is 0 Å². The first-order chi connectivity index (χ1) is 7.26. The summed E-state index contributed by atoms with van der Waals surface area (Å²) in [7, 11) is 0. The lowest BCUT2D eigenvalue weighted by atomic mass is 9.84. The minimum atomic E-state index is 0.727. The summed E-state index contributed by atoms with van der Waals surface area (Å²) in [4.78, 5) is 0. The molecule has 0 radical (unpaired) electrons. The Kier molecular flexibility index (Phi) is 6.31. The third-order valence-electron chi connectivity index (χ3n) is 3.87. The van der Waals surface area contributed by atoms with Crippen molar-refractivity contribution in [2.75, 3.05) is 0 Å². The molecule has 0 aromatic carbocycles. The molecule has 0 aromatic rings. The minimum Gasteiger partial charge on any atom is -0.311 e. The molecule has 90 valence electrons. The van der Waals surface area contributed by atoms with Crippen LogP contribution in [-0.4, -0.2) is 12.1 Å². The van der Waals surface area contributed by atoms with E-state index in [0.717, 1.165) is 18.0 Å². The average molecular weight is 211 g/mol. The molecule has 1 saturated carbocycles. The third-order valence-corrected chi connectivity index (χ3v) is 3.87. The zero-order chi connectivity index (χ0) is 11.1. The van der Waals surface area contributed by atoms with Gasteiger partial charge in [0, 0.05) is 12.1 Å². The molecule has 1 heteroatoms. The predicted octanol–water partition coefficient (Wildman–Crippen LogP) is 4.12. The van der Waals surface area contributed by atoms with Crippen molar-refractivity contribution in [3.63, 3.8) is 0 Å². The maximum absolute atomic E-state index is 3.82. The van der Waals surface area contributed by atoms with Crippen molar-refractivity contribution in [3.05, 3.63) is 0 Å². The molecule has 0 amide bonds. The highest BCUT2D eigenvalue weighted by Crippen LogP contribution is 2.26. The molecule has 3 atom stereocenters. The first-order valence-electron chi connectivity index (χ1n) is 7.02. The Morgan fingerprint density at radius 1 is 1.27 bits per heavy atom. The summed E-state index contributed by atoms with van der Waals surface area (Å²) in [5, 5.41) is 3.82. The van der Waals surface area contributed by atoms with Crippen LogP contribution in [0.1, 0.15) is 72.1 Å². The van der Waals surface area contributed by atoms with Crippen LogP contribution in [0.3, 0.4) is 0 Å². The molecule has 1 N–H and O–H groups in total. The van der Waals surface area contributed by atoms with Crippen LogP contribution in [0.5, 0.6) is 0 Å². The van der Waals surface area contributed by atoms with Crippen LogP contribution >= 0.6 is 0 Å². The topological polar surface area (TPSA) is 12.0 Å². The van der Waals surface area contributed by atoms with Crippen LogP contribution in [0.25, 0.3) is 0 Å². The average Bonchev–Trinajstić information content (AvgIpc) is 2.26. The van der Waals surface area contributed by atoms with E-state index in [1.165, 1.54) is 51.4 Å². The van der Waals surface area contributed by atoms with Gasteiger partial charge in [-0.3, -0.25) is 0 Å². The van der Waals surface area contributed by atoms with E-state index in [0.29, 0.717) is 0 Å². The van der Waals surface area contributed by atoms with E-state index >= 15 is 0 Å². The first kappa shape index (κ1) is 13.0. The number of unbranched alkanes of at least 4 members (excludes halogenated alkanes) is 1. The molecule has 3 unspecified atom stereocenters. The normalized spacial score (nSPS) is 29.0. The number of nitrogens with one attached hydrogen (secondary N) is 1. The van der Waals surface area contributed by atoms with Crippen molar-refractivity contribution in [2.24, 2.45) is 5.92 Å². The second-order valence-electron chi connectivity index (χ2n) is 5.35. The van der Waals surface area contributed by atoms with Gasteiger partial charge in [-0.05, 0) is 32.1 Å². The maximum atomic E-state index is 3.82. The molecule has 1 rings (SSSR count). The number of hydrogen-bond donors (Lipinski definition) is 1. The highest BCUT2D eigenvalue weighted by Gasteiger charge is 2.21. The lowest BCUT2D eigenvalue weighted by Gasteiger charge is -2.31. The maximum Gasteiger partial charge on any atom is 0.00721 e.